The van der Waals surface area contributed by atoms with E-state index in [0.717, 1.165) is 0 Å². The molecule has 0 spiro atoms. The molecule has 0 bridgehead atoms. The van der Waals surface area contributed by atoms with Crippen molar-refractivity contribution in [2.75, 3.05) is 21.3 Å². The number of carbonyl (C=O) groups excluding carboxylic acids is 1. The molecule has 6 heteroatoms. The molecular weight excluding hydrogens is 250 g/mol. The molecule has 0 aliphatic rings. The van der Waals surface area contributed by atoms with Crippen LogP contribution in [0.2, 0.25) is 0 Å². The molecule has 0 fully saturated rings. The van der Waals surface area contributed by atoms with E-state index >= 15 is 0 Å². The second-order valence-electron chi connectivity index (χ2n) is 3.77. The van der Waals surface area contributed by atoms with Gasteiger partial charge in [0.05, 0.1) is 14.2 Å². The van der Waals surface area contributed by atoms with Gasteiger partial charge in [-0.1, -0.05) is 0 Å². The SMILES string of the molecule is CNC(=O)c1cc2cc(OC)c(OC)cc2oc1=O. The van der Waals surface area contributed by atoms with Crippen molar-refractivity contribution in [2.45, 2.75) is 0 Å². The highest BCUT2D eigenvalue weighted by Crippen LogP contribution is 2.31. The van der Waals surface area contributed by atoms with Crippen molar-refractivity contribution in [3.8, 4) is 11.5 Å². The Hall–Kier alpha value is -2.50. The minimum atomic E-state index is -0.695. The number of benzene rings is 1. The quantitative estimate of drug-likeness (QED) is 0.841. The van der Waals surface area contributed by atoms with E-state index in [0.29, 0.717) is 22.5 Å². The summed E-state index contributed by atoms with van der Waals surface area (Å²) in [5, 5.41) is 2.96. The van der Waals surface area contributed by atoms with E-state index in [4.69, 9.17) is 13.9 Å². The molecule has 0 saturated heterocycles. The van der Waals surface area contributed by atoms with Crippen LogP contribution in [-0.4, -0.2) is 27.2 Å². The van der Waals surface area contributed by atoms with E-state index in [9.17, 15) is 9.59 Å². The van der Waals surface area contributed by atoms with Crippen molar-refractivity contribution in [1.82, 2.24) is 5.32 Å². The number of fused-ring (bicyclic) bond motifs is 1. The van der Waals surface area contributed by atoms with Crippen LogP contribution in [0.3, 0.4) is 0 Å². The average molecular weight is 263 g/mol. The van der Waals surface area contributed by atoms with Gasteiger partial charge in [-0.2, -0.15) is 0 Å². The summed E-state index contributed by atoms with van der Waals surface area (Å²) in [4.78, 5) is 23.2. The topological polar surface area (TPSA) is 77.8 Å². The van der Waals surface area contributed by atoms with Crippen LogP contribution in [0.5, 0.6) is 11.5 Å². The van der Waals surface area contributed by atoms with Gasteiger partial charge in [0.2, 0.25) is 0 Å². The maximum atomic E-state index is 11.7. The lowest BCUT2D eigenvalue weighted by molar-refractivity contribution is 0.0959. The first-order valence-corrected chi connectivity index (χ1v) is 5.52. The molecule has 1 aromatic carbocycles. The molecule has 2 aromatic rings. The highest BCUT2D eigenvalue weighted by molar-refractivity contribution is 5.96. The first-order chi connectivity index (χ1) is 9.10. The van der Waals surface area contributed by atoms with Crippen LogP contribution < -0.4 is 20.4 Å². The summed E-state index contributed by atoms with van der Waals surface area (Å²) in [7, 11) is 4.43. The Kier molecular flexibility index (Phi) is 3.41. The monoisotopic (exact) mass is 263 g/mol. The number of amides is 1. The number of ether oxygens (including phenoxy) is 2. The number of methoxy groups -OCH3 is 2. The zero-order valence-electron chi connectivity index (χ0n) is 10.8. The number of hydrogen-bond acceptors (Lipinski definition) is 5. The first kappa shape index (κ1) is 12.9. The molecule has 1 heterocycles. The van der Waals surface area contributed by atoms with Crippen molar-refractivity contribution in [1.29, 1.82) is 0 Å². The third-order valence-electron chi connectivity index (χ3n) is 2.71. The van der Waals surface area contributed by atoms with Gasteiger partial charge in [-0.25, -0.2) is 4.79 Å². The van der Waals surface area contributed by atoms with E-state index in [1.165, 1.54) is 27.3 Å². The van der Waals surface area contributed by atoms with E-state index in [1.54, 1.807) is 12.1 Å². The smallest absolute Gasteiger partial charge is 0.349 e. The molecule has 0 saturated carbocycles. The Morgan fingerprint density at radius 2 is 1.79 bits per heavy atom. The van der Waals surface area contributed by atoms with Crippen molar-refractivity contribution in [2.24, 2.45) is 0 Å². The largest absolute Gasteiger partial charge is 0.493 e. The molecule has 0 atom stereocenters. The minimum absolute atomic E-state index is 0.0535. The van der Waals surface area contributed by atoms with Crippen molar-refractivity contribution in [3.63, 3.8) is 0 Å². The van der Waals surface area contributed by atoms with Gasteiger partial charge in [0, 0.05) is 18.5 Å². The Balaban J connectivity index is 2.72. The molecular formula is C13H13NO5. The van der Waals surface area contributed by atoms with Gasteiger partial charge in [-0.15, -0.1) is 0 Å². The van der Waals surface area contributed by atoms with Gasteiger partial charge >= 0.3 is 5.63 Å². The first-order valence-electron chi connectivity index (χ1n) is 5.52. The second kappa shape index (κ2) is 5.01. The molecule has 0 aliphatic heterocycles. The number of hydrogen-bond donors (Lipinski definition) is 1. The second-order valence-corrected chi connectivity index (χ2v) is 3.77. The van der Waals surface area contributed by atoms with Crippen LogP contribution in [0.25, 0.3) is 11.0 Å². The molecule has 19 heavy (non-hydrogen) atoms. The van der Waals surface area contributed by atoms with Crippen molar-refractivity contribution in [3.05, 3.63) is 34.2 Å². The number of carbonyl (C=O) groups is 1. The highest BCUT2D eigenvalue weighted by atomic mass is 16.5. The van der Waals surface area contributed by atoms with Crippen LogP contribution in [0.4, 0.5) is 0 Å². The average Bonchev–Trinajstić information content (AvgIpc) is 2.44. The van der Waals surface area contributed by atoms with Crippen LogP contribution in [0.1, 0.15) is 10.4 Å². The third-order valence-corrected chi connectivity index (χ3v) is 2.71. The van der Waals surface area contributed by atoms with Crippen LogP contribution in [-0.2, 0) is 0 Å². The van der Waals surface area contributed by atoms with E-state index in [1.807, 2.05) is 0 Å². The maximum Gasteiger partial charge on any atom is 0.349 e. The molecule has 1 amide bonds. The molecule has 6 nitrogen and oxygen atoms in total. The molecule has 0 aliphatic carbocycles. The Morgan fingerprint density at radius 1 is 1.16 bits per heavy atom. The van der Waals surface area contributed by atoms with Gasteiger partial charge in [-0.3, -0.25) is 4.79 Å². The third kappa shape index (κ3) is 2.24. The molecule has 0 unspecified atom stereocenters. The lowest BCUT2D eigenvalue weighted by Gasteiger charge is -2.08. The van der Waals surface area contributed by atoms with E-state index in [-0.39, 0.29) is 5.56 Å². The van der Waals surface area contributed by atoms with Crippen LogP contribution >= 0.6 is 0 Å². The molecule has 1 aromatic heterocycles. The van der Waals surface area contributed by atoms with Crippen molar-refractivity contribution >= 4 is 16.9 Å². The summed E-state index contributed by atoms with van der Waals surface area (Å²) in [5.41, 5.74) is -0.420. The summed E-state index contributed by atoms with van der Waals surface area (Å²) in [6, 6.07) is 4.65. The molecule has 0 radical (unpaired) electrons. The minimum Gasteiger partial charge on any atom is -0.493 e. The summed E-state index contributed by atoms with van der Waals surface area (Å²) >= 11 is 0. The highest BCUT2D eigenvalue weighted by Gasteiger charge is 2.14. The number of rotatable bonds is 3. The standard InChI is InChI=1S/C13H13NO5/c1-14-12(15)8-4-7-5-10(17-2)11(18-3)6-9(7)19-13(8)16/h4-6H,1-3H3,(H,14,15). The van der Waals surface area contributed by atoms with Gasteiger partial charge in [0.25, 0.3) is 5.91 Å². The lowest BCUT2D eigenvalue weighted by Crippen LogP contribution is -2.24. The van der Waals surface area contributed by atoms with Crippen LogP contribution in [0.15, 0.2) is 27.4 Å². The Morgan fingerprint density at radius 3 is 2.37 bits per heavy atom. The van der Waals surface area contributed by atoms with Crippen molar-refractivity contribution < 1.29 is 18.7 Å². The fraction of sp³-hybridized carbons (Fsp3) is 0.231. The van der Waals surface area contributed by atoms with E-state index < -0.39 is 11.5 Å². The summed E-state index contributed by atoms with van der Waals surface area (Å²) in [6.45, 7) is 0. The summed E-state index contributed by atoms with van der Waals surface area (Å²) in [6.07, 6.45) is 0. The van der Waals surface area contributed by atoms with Crippen LogP contribution in [0, 0.1) is 0 Å². The fourth-order valence-electron chi connectivity index (χ4n) is 1.74. The lowest BCUT2D eigenvalue weighted by atomic mass is 10.1. The van der Waals surface area contributed by atoms with E-state index in [2.05, 4.69) is 5.32 Å². The molecule has 100 valence electrons. The zero-order chi connectivity index (χ0) is 14.0. The number of nitrogens with one attached hydrogen (secondary N) is 1. The Labute approximate surface area is 108 Å². The predicted octanol–water partition coefficient (Wildman–Crippen LogP) is 1.17. The predicted molar refractivity (Wildman–Crippen MR) is 69.0 cm³/mol. The van der Waals surface area contributed by atoms with Gasteiger partial charge in [0.1, 0.15) is 11.1 Å². The van der Waals surface area contributed by atoms with Gasteiger partial charge in [0.15, 0.2) is 11.5 Å². The fourth-order valence-corrected chi connectivity index (χ4v) is 1.74. The summed E-state index contributed by atoms with van der Waals surface area (Å²) < 4.78 is 15.4. The molecule has 1 N–H and O–H groups in total. The zero-order valence-corrected chi connectivity index (χ0v) is 10.8. The maximum absolute atomic E-state index is 11.7. The summed E-state index contributed by atoms with van der Waals surface area (Å²) in [5.74, 6) is 0.447. The van der Waals surface area contributed by atoms with Gasteiger partial charge < -0.3 is 19.2 Å². The normalized spacial score (nSPS) is 10.3. The Bertz CT molecular complexity index is 689. The van der Waals surface area contributed by atoms with Gasteiger partial charge in [-0.05, 0) is 12.1 Å². The molecule has 2 rings (SSSR count).